The van der Waals surface area contributed by atoms with Gasteiger partial charge >= 0.3 is 0 Å². The average molecular weight is 284 g/mol. The molecule has 0 aliphatic heterocycles. The quantitative estimate of drug-likeness (QED) is 0.857. The average Bonchev–Trinajstić information content (AvgIpc) is 2.70. The van der Waals surface area contributed by atoms with Crippen molar-refractivity contribution in [2.24, 2.45) is 0 Å². The molecule has 16 heavy (non-hydrogen) atoms. The van der Waals surface area contributed by atoms with Gasteiger partial charge in [0.15, 0.2) is 0 Å². The van der Waals surface area contributed by atoms with Gasteiger partial charge in [-0.3, -0.25) is 0 Å². The van der Waals surface area contributed by atoms with Crippen LogP contribution in [0.1, 0.15) is 5.56 Å². The van der Waals surface area contributed by atoms with E-state index in [0.29, 0.717) is 0 Å². The van der Waals surface area contributed by atoms with Gasteiger partial charge in [-0.15, -0.1) is 0 Å². The maximum atomic E-state index is 5.52. The van der Waals surface area contributed by atoms with Gasteiger partial charge in [0.05, 0.1) is 17.3 Å². The second-order valence-corrected chi connectivity index (χ2v) is 4.40. The Bertz CT molecular complexity index is 467. The van der Waals surface area contributed by atoms with E-state index in [4.69, 9.17) is 9.15 Å². The molecule has 0 radical (unpaired) electrons. The van der Waals surface area contributed by atoms with Gasteiger partial charge in [-0.2, -0.15) is 0 Å². The van der Waals surface area contributed by atoms with Crippen LogP contribution in [0, 0.1) is 0 Å². The number of hydrogen-bond acceptors (Lipinski definition) is 3. The van der Waals surface area contributed by atoms with Gasteiger partial charge in [-0.05, 0) is 22.0 Å². The van der Waals surface area contributed by atoms with Crippen molar-refractivity contribution in [2.45, 2.75) is 6.54 Å². The summed E-state index contributed by atoms with van der Waals surface area (Å²) in [5.74, 6) is 0. The van der Waals surface area contributed by atoms with Gasteiger partial charge in [0.2, 0.25) is 0 Å². The van der Waals surface area contributed by atoms with E-state index in [1.807, 2.05) is 12.1 Å². The second kappa shape index (κ2) is 5.48. The van der Waals surface area contributed by atoms with Crippen LogP contribution >= 0.6 is 15.9 Å². The molecule has 0 amide bonds. The molecule has 2 aromatic rings. The summed E-state index contributed by atoms with van der Waals surface area (Å²) in [6.45, 7) is 2.36. The fourth-order valence-electron chi connectivity index (χ4n) is 1.61. The molecular weight excluding hydrogens is 270 g/mol. The first kappa shape index (κ1) is 11.6. The van der Waals surface area contributed by atoms with Crippen molar-refractivity contribution in [1.82, 2.24) is 5.32 Å². The number of halogens is 1. The Balaban J connectivity index is 2.10. The van der Waals surface area contributed by atoms with E-state index in [9.17, 15) is 0 Å². The fraction of sp³-hybridized carbons (Fsp3) is 0.333. The van der Waals surface area contributed by atoms with Crippen molar-refractivity contribution in [3.8, 4) is 0 Å². The number of furan rings is 1. The minimum Gasteiger partial charge on any atom is -0.463 e. The molecule has 0 fully saturated rings. The standard InChI is InChI=1S/C12H14BrNO2/c1-15-6-5-14-7-9-8-16-12-10(9)3-2-4-11(12)13/h2-4,8,14H,5-7H2,1H3. The molecule has 0 atom stereocenters. The van der Waals surface area contributed by atoms with Crippen LogP contribution in [0.2, 0.25) is 0 Å². The highest BCUT2D eigenvalue weighted by atomic mass is 79.9. The molecule has 1 N–H and O–H groups in total. The smallest absolute Gasteiger partial charge is 0.148 e. The van der Waals surface area contributed by atoms with Crippen LogP contribution in [-0.2, 0) is 11.3 Å². The number of methoxy groups -OCH3 is 1. The molecular formula is C12H14BrNO2. The van der Waals surface area contributed by atoms with Gasteiger partial charge in [-0.25, -0.2) is 0 Å². The van der Waals surface area contributed by atoms with E-state index in [-0.39, 0.29) is 0 Å². The van der Waals surface area contributed by atoms with E-state index in [1.165, 1.54) is 5.56 Å². The SMILES string of the molecule is COCCNCc1coc2c(Br)cccc12. The Hall–Kier alpha value is -0.840. The van der Waals surface area contributed by atoms with Crippen LogP contribution in [0.25, 0.3) is 11.0 Å². The molecule has 86 valence electrons. The molecule has 3 nitrogen and oxygen atoms in total. The number of para-hydroxylation sites is 1. The van der Waals surface area contributed by atoms with Crippen LogP contribution in [0.5, 0.6) is 0 Å². The Labute approximate surface area is 103 Å². The highest BCUT2D eigenvalue weighted by Crippen LogP contribution is 2.27. The van der Waals surface area contributed by atoms with Crippen molar-refractivity contribution in [2.75, 3.05) is 20.3 Å². The maximum Gasteiger partial charge on any atom is 0.148 e. The minimum absolute atomic E-state index is 0.722. The second-order valence-electron chi connectivity index (χ2n) is 3.55. The Morgan fingerprint density at radius 1 is 1.44 bits per heavy atom. The maximum absolute atomic E-state index is 5.52. The molecule has 0 saturated carbocycles. The molecule has 1 heterocycles. The van der Waals surface area contributed by atoms with Gasteiger partial charge in [0.1, 0.15) is 5.58 Å². The summed E-state index contributed by atoms with van der Waals surface area (Å²) in [7, 11) is 1.70. The highest BCUT2D eigenvalue weighted by Gasteiger charge is 2.07. The zero-order valence-corrected chi connectivity index (χ0v) is 10.7. The molecule has 0 spiro atoms. The van der Waals surface area contributed by atoms with Crippen molar-refractivity contribution in [3.05, 3.63) is 34.5 Å². The zero-order chi connectivity index (χ0) is 11.4. The lowest BCUT2D eigenvalue weighted by Crippen LogP contribution is -2.18. The third kappa shape index (κ3) is 2.45. The summed E-state index contributed by atoms with van der Waals surface area (Å²) in [6, 6.07) is 6.06. The summed E-state index contributed by atoms with van der Waals surface area (Å²) < 4.78 is 11.5. The van der Waals surface area contributed by atoms with Crippen LogP contribution in [0.4, 0.5) is 0 Å². The van der Waals surface area contributed by atoms with Gasteiger partial charge in [-0.1, -0.05) is 12.1 Å². The highest BCUT2D eigenvalue weighted by molar-refractivity contribution is 9.10. The van der Waals surface area contributed by atoms with Crippen molar-refractivity contribution in [3.63, 3.8) is 0 Å². The summed E-state index contributed by atoms with van der Waals surface area (Å²) >= 11 is 3.47. The Kier molecular flexibility index (Phi) is 3.98. The van der Waals surface area contributed by atoms with Crippen LogP contribution < -0.4 is 5.32 Å². The number of rotatable bonds is 5. The van der Waals surface area contributed by atoms with Crippen molar-refractivity contribution < 1.29 is 9.15 Å². The molecule has 1 aromatic carbocycles. The summed E-state index contributed by atoms with van der Waals surface area (Å²) in [4.78, 5) is 0. The predicted octanol–water partition coefficient (Wildman–Crippen LogP) is 2.93. The lowest BCUT2D eigenvalue weighted by Gasteiger charge is -2.02. The summed E-state index contributed by atoms with van der Waals surface area (Å²) in [5, 5.41) is 4.45. The van der Waals surface area contributed by atoms with Gasteiger partial charge in [0, 0.05) is 31.1 Å². The van der Waals surface area contributed by atoms with Crippen molar-refractivity contribution >= 4 is 26.9 Å². The molecule has 2 rings (SSSR count). The fourth-order valence-corrected chi connectivity index (χ4v) is 2.07. The monoisotopic (exact) mass is 283 g/mol. The van der Waals surface area contributed by atoms with Crippen molar-refractivity contribution in [1.29, 1.82) is 0 Å². The number of ether oxygens (including phenoxy) is 1. The zero-order valence-electron chi connectivity index (χ0n) is 9.13. The largest absolute Gasteiger partial charge is 0.463 e. The topological polar surface area (TPSA) is 34.4 Å². The third-order valence-corrected chi connectivity index (χ3v) is 3.05. The third-order valence-electron chi connectivity index (χ3n) is 2.43. The Morgan fingerprint density at radius 3 is 3.12 bits per heavy atom. The van der Waals surface area contributed by atoms with Crippen LogP contribution in [0.15, 0.2) is 33.4 Å². The van der Waals surface area contributed by atoms with E-state index in [2.05, 4.69) is 27.3 Å². The first-order valence-corrected chi connectivity index (χ1v) is 5.96. The predicted molar refractivity (Wildman–Crippen MR) is 67.5 cm³/mol. The Morgan fingerprint density at radius 2 is 2.31 bits per heavy atom. The lowest BCUT2D eigenvalue weighted by molar-refractivity contribution is 0.199. The molecule has 0 saturated heterocycles. The first-order valence-electron chi connectivity index (χ1n) is 5.17. The lowest BCUT2D eigenvalue weighted by atomic mass is 10.2. The normalized spacial score (nSPS) is 11.1. The molecule has 1 aromatic heterocycles. The van der Waals surface area contributed by atoms with E-state index < -0.39 is 0 Å². The molecule has 4 heteroatoms. The van der Waals surface area contributed by atoms with E-state index >= 15 is 0 Å². The number of nitrogens with one attached hydrogen (secondary N) is 1. The number of benzene rings is 1. The molecule has 0 unspecified atom stereocenters. The summed E-state index contributed by atoms with van der Waals surface area (Å²) in [5.41, 5.74) is 2.08. The van der Waals surface area contributed by atoms with Crippen LogP contribution in [0.3, 0.4) is 0 Å². The van der Waals surface area contributed by atoms with Crippen LogP contribution in [-0.4, -0.2) is 20.3 Å². The van der Waals surface area contributed by atoms with E-state index in [0.717, 1.165) is 35.1 Å². The molecule has 0 bridgehead atoms. The summed E-state index contributed by atoms with van der Waals surface area (Å²) in [6.07, 6.45) is 1.80. The number of hydrogen-bond donors (Lipinski definition) is 1. The molecule has 0 aliphatic carbocycles. The minimum atomic E-state index is 0.722. The van der Waals surface area contributed by atoms with Gasteiger partial charge in [0.25, 0.3) is 0 Å². The van der Waals surface area contributed by atoms with Gasteiger partial charge < -0.3 is 14.5 Å². The number of fused-ring (bicyclic) bond motifs is 1. The first-order chi connectivity index (χ1) is 7.83. The molecule has 0 aliphatic rings. The van der Waals surface area contributed by atoms with E-state index in [1.54, 1.807) is 13.4 Å².